The highest BCUT2D eigenvalue weighted by Crippen LogP contribution is 2.18. The molecule has 90 valence electrons. The van der Waals surface area contributed by atoms with Gasteiger partial charge in [0.05, 0.1) is 12.2 Å². The van der Waals surface area contributed by atoms with Crippen molar-refractivity contribution >= 4 is 0 Å². The van der Waals surface area contributed by atoms with Crippen molar-refractivity contribution in [2.24, 2.45) is 5.92 Å². The maximum Gasteiger partial charge on any atom is 0.208 e. The van der Waals surface area contributed by atoms with Crippen LogP contribution in [0, 0.1) is 19.8 Å². The molecule has 0 spiro atoms. The van der Waals surface area contributed by atoms with Gasteiger partial charge in [-0.05, 0) is 46.3 Å². The average molecular weight is 223 g/mol. The van der Waals surface area contributed by atoms with E-state index in [2.05, 4.69) is 15.2 Å². The Morgan fingerprint density at radius 2 is 2.31 bits per heavy atom. The van der Waals surface area contributed by atoms with Gasteiger partial charge < -0.3 is 9.73 Å². The quantitative estimate of drug-likeness (QED) is 0.836. The third-order valence-corrected chi connectivity index (χ3v) is 3.29. The summed E-state index contributed by atoms with van der Waals surface area (Å²) >= 11 is 0. The summed E-state index contributed by atoms with van der Waals surface area (Å²) < 4.78 is 5.60. The molecule has 2 heterocycles. The van der Waals surface area contributed by atoms with Crippen molar-refractivity contribution in [3.63, 3.8) is 0 Å². The number of hydrogen-bond donors (Lipinski definition) is 1. The summed E-state index contributed by atoms with van der Waals surface area (Å²) in [6, 6.07) is 0. The van der Waals surface area contributed by atoms with Crippen LogP contribution in [0.25, 0.3) is 0 Å². The molecule has 1 N–H and O–H groups in total. The summed E-state index contributed by atoms with van der Waals surface area (Å²) in [6.45, 7) is 8.25. The van der Waals surface area contributed by atoms with Crippen molar-refractivity contribution in [2.45, 2.75) is 26.8 Å². The summed E-state index contributed by atoms with van der Waals surface area (Å²) in [5.41, 5.74) is 1.01. The Hall–Kier alpha value is -0.870. The van der Waals surface area contributed by atoms with Crippen LogP contribution in [0.1, 0.15) is 23.8 Å². The molecule has 4 heteroatoms. The number of likely N-dealkylation sites (tertiary alicyclic amines) is 1. The molecule has 0 aromatic carbocycles. The molecule has 1 aromatic rings. The van der Waals surface area contributed by atoms with E-state index in [4.69, 9.17) is 4.42 Å². The number of rotatable bonds is 4. The lowest BCUT2D eigenvalue weighted by Gasteiger charge is -2.13. The van der Waals surface area contributed by atoms with Gasteiger partial charge in [0, 0.05) is 6.54 Å². The van der Waals surface area contributed by atoms with Gasteiger partial charge in [-0.25, -0.2) is 4.98 Å². The number of aromatic nitrogens is 1. The van der Waals surface area contributed by atoms with Crippen molar-refractivity contribution in [3.05, 3.63) is 17.3 Å². The van der Waals surface area contributed by atoms with Crippen LogP contribution >= 0.6 is 0 Å². The molecule has 1 aliphatic heterocycles. The summed E-state index contributed by atoms with van der Waals surface area (Å²) in [5, 5.41) is 3.24. The second kappa shape index (κ2) is 4.97. The summed E-state index contributed by atoms with van der Waals surface area (Å²) in [6.07, 6.45) is 1.28. The van der Waals surface area contributed by atoms with E-state index in [1.165, 1.54) is 6.42 Å². The van der Waals surface area contributed by atoms with Crippen LogP contribution in [0.15, 0.2) is 4.42 Å². The maximum atomic E-state index is 5.60. The average Bonchev–Trinajstić information content (AvgIpc) is 2.77. The number of oxazole rings is 1. The van der Waals surface area contributed by atoms with Gasteiger partial charge in [-0.15, -0.1) is 0 Å². The van der Waals surface area contributed by atoms with E-state index in [9.17, 15) is 0 Å². The first-order valence-corrected chi connectivity index (χ1v) is 5.99. The van der Waals surface area contributed by atoms with Crippen molar-refractivity contribution < 1.29 is 4.42 Å². The van der Waals surface area contributed by atoms with Gasteiger partial charge in [0.2, 0.25) is 5.89 Å². The van der Waals surface area contributed by atoms with Gasteiger partial charge in [0.1, 0.15) is 5.76 Å². The van der Waals surface area contributed by atoms with Gasteiger partial charge >= 0.3 is 0 Å². The molecule has 0 amide bonds. The van der Waals surface area contributed by atoms with Gasteiger partial charge in [0.25, 0.3) is 0 Å². The molecule has 2 rings (SSSR count). The molecule has 1 unspecified atom stereocenters. The zero-order chi connectivity index (χ0) is 11.5. The third kappa shape index (κ3) is 2.62. The van der Waals surface area contributed by atoms with Crippen LogP contribution in [0.2, 0.25) is 0 Å². The van der Waals surface area contributed by atoms with E-state index >= 15 is 0 Å². The SMILES string of the molecule is CNCC1CCN(Cc2nc(C)c(C)o2)C1. The van der Waals surface area contributed by atoms with Gasteiger partial charge in [-0.1, -0.05) is 0 Å². The molecule has 1 atom stereocenters. The fourth-order valence-electron chi connectivity index (χ4n) is 2.31. The highest BCUT2D eigenvalue weighted by atomic mass is 16.4. The molecule has 1 aliphatic rings. The van der Waals surface area contributed by atoms with Crippen molar-refractivity contribution in [2.75, 3.05) is 26.7 Å². The Kier molecular flexibility index (Phi) is 3.61. The number of nitrogens with one attached hydrogen (secondary N) is 1. The van der Waals surface area contributed by atoms with Crippen LogP contribution in [0.3, 0.4) is 0 Å². The Labute approximate surface area is 97.0 Å². The lowest BCUT2D eigenvalue weighted by molar-refractivity contribution is 0.277. The van der Waals surface area contributed by atoms with Crippen molar-refractivity contribution in [3.8, 4) is 0 Å². The van der Waals surface area contributed by atoms with Crippen LogP contribution in [-0.4, -0.2) is 36.6 Å². The first kappa shape index (κ1) is 11.6. The topological polar surface area (TPSA) is 41.3 Å². The van der Waals surface area contributed by atoms with E-state index < -0.39 is 0 Å². The van der Waals surface area contributed by atoms with Crippen LogP contribution in [0.4, 0.5) is 0 Å². The molecule has 1 saturated heterocycles. The number of hydrogen-bond acceptors (Lipinski definition) is 4. The Balaban J connectivity index is 1.87. The standard InChI is InChI=1S/C12H21N3O/c1-9-10(2)16-12(14-9)8-15-5-4-11(7-15)6-13-3/h11,13H,4-8H2,1-3H3. The molecule has 1 fully saturated rings. The molecule has 0 aliphatic carbocycles. The van der Waals surface area contributed by atoms with E-state index in [-0.39, 0.29) is 0 Å². The molecule has 16 heavy (non-hydrogen) atoms. The fourth-order valence-corrected chi connectivity index (χ4v) is 2.31. The Morgan fingerprint density at radius 3 is 2.94 bits per heavy atom. The van der Waals surface area contributed by atoms with E-state index in [0.29, 0.717) is 0 Å². The second-order valence-corrected chi connectivity index (χ2v) is 4.70. The molecular formula is C12H21N3O. The zero-order valence-corrected chi connectivity index (χ0v) is 10.4. The molecule has 1 aromatic heterocycles. The normalized spacial score (nSPS) is 21.8. The summed E-state index contributed by atoms with van der Waals surface area (Å²) in [4.78, 5) is 6.84. The van der Waals surface area contributed by atoms with Gasteiger partial charge in [0.15, 0.2) is 0 Å². The Bertz CT molecular complexity index is 329. The predicted molar refractivity (Wildman–Crippen MR) is 63.3 cm³/mol. The minimum Gasteiger partial charge on any atom is -0.444 e. The minimum atomic E-state index is 0.780. The highest BCUT2D eigenvalue weighted by molar-refractivity contribution is 5.05. The number of aryl methyl sites for hydroxylation is 2. The van der Waals surface area contributed by atoms with Crippen LogP contribution < -0.4 is 5.32 Å². The lowest BCUT2D eigenvalue weighted by atomic mass is 10.1. The maximum absolute atomic E-state index is 5.60. The van der Waals surface area contributed by atoms with Crippen molar-refractivity contribution in [1.29, 1.82) is 0 Å². The predicted octanol–water partition coefficient (Wildman–Crippen LogP) is 1.33. The summed E-state index contributed by atoms with van der Waals surface area (Å²) in [7, 11) is 2.02. The van der Waals surface area contributed by atoms with E-state index in [0.717, 1.165) is 49.4 Å². The molecule has 0 radical (unpaired) electrons. The van der Waals surface area contributed by atoms with Gasteiger partial charge in [-0.3, -0.25) is 4.90 Å². The fraction of sp³-hybridized carbons (Fsp3) is 0.750. The third-order valence-electron chi connectivity index (χ3n) is 3.29. The smallest absolute Gasteiger partial charge is 0.208 e. The first-order valence-electron chi connectivity index (χ1n) is 5.99. The Morgan fingerprint density at radius 1 is 1.50 bits per heavy atom. The molecule has 0 saturated carbocycles. The highest BCUT2D eigenvalue weighted by Gasteiger charge is 2.23. The van der Waals surface area contributed by atoms with Crippen molar-refractivity contribution in [1.82, 2.24) is 15.2 Å². The molecule has 0 bridgehead atoms. The van der Waals surface area contributed by atoms with E-state index in [1.54, 1.807) is 0 Å². The zero-order valence-electron chi connectivity index (χ0n) is 10.4. The molecular weight excluding hydrogens is 202 g/mol. The van der Waals surface area contributed by atoms with Gasteiger partial charge in [-0.2, -0.15) is 0 Å². The minimum absolute atomic E-state index is 0.780. The monoisotopic (exact) mass is 223 g/mol. The lowest BCUT2D eigenvalue weighted by Crippen LogP contribution is -2.24. The summed E-state index contributed by atoms with van der Waals surface area (Å²) in [5.74, 6) is 2.59. The van der Waals surface area contributed by atoms with E-state index in [1.807, 2.05) is 20.9 Å². The number of nitrogens with zero attached hydrogens (tertiary/aromatic N) is 2. The first-order chi connectivity index (χ1) is 7.69. The second-order valence-electron chi connectivity index (χ2n) is 4.70. The van der Waals surface area contributed by atoms with Crippen LogP contribution in [-0.2, 0) is 6.54 Å². The van der Waals surface area contributed by atoms with Crippen LogP contribution in [0.5, 0.6) is 0 Å². The molecule has 4 nitrogen and oxygen atoms in total. The largest absolute Gasteiger partial charge is 0.444 e.